The van der Waals surface area contributed by atoms with E-state index in [2.05, 4.69) is 36.6 Å². The minimum Gasteiger partial charge on any atom is -0.508 e. The molecule has 6 heteroatoms. The van der Waals surface area contributed by atoms with E-state index < -0.39 is 0 Å². The Kier molecular flexibility index (Phi) is 6.50. The SMILES string of the molecule is CC(C)(C)c1ccc(C(=O)Nc2ccc(C(=O)N/N=C/c3ccc(O)cc3)cc2)cc1. The van der Waals surface area contributed by atoms with Crippen molar-refractivity contribution in [2.24, 2.45) is 5.10 Å². The van der Waals surface area contributed by atoms with Crippen molar-refractivity contribution >= 4 is 23.7 Å². The number of amides is 2. The summed E-state index contributed by atoms with van der Waals surface area (Å²) in [5.41, 5.74) is 5.95. The number of benzene rings is 3. The number of phenolic OH excluding ortho intramolecular Hbond substituents is 1. The van der Waals surface area contributed by atoms with Gasteiger partial charge in [-0.15, -0.1) is 0 Å². The molecule has 31 heavy (non-hydrogen) atoms. The van der Waals surface area contributed by atoms with E-state index in [9.17, 15) is 14.7 Å². The van der Waals surface area contributed by atoms with Gasteiger partial charge in [-0.1, -0.05) is 32.9 Å². The quantitative estimate of drug-likeness (QED) is 0.416. The average Bonchev–Trinajstić information content (AvgIpc) is 2.75. The molecule has 0 saturated carbocycles. The first-order valence-electron chi connectivity index (χ1n) is 9.87. The molecule has 0 saturated heterocycles. The van der Waals surface area contributed by atoms with Crippen molar-refractivity contribution in [3.8, 4) is 5.75 Å². The molecular formula is C25H25N3O3. The molecule has 0 spiro atoms. The average molecular weight is 415 g/mol. The lowest BCUT2D eigenvalue weighted by Gasteiger charge is -2.19. The highest BCUT2D eigenvalue weighted by Crippen LogP contribution is 2.22. The molecule has 6 nitrogen and oxygen atoms in total. The van der Waals surface area contributed by atoms with Gasteiger partial charge in [-0.25, -0.2) is 5.43 Å². The second-order valence-electron chi connectivity index (χ2n) is 8.15. The summed E-state index contributed by atoms with van der Waals surface area (Å²) in [6.45, 7) is 6.37. The number of rotatable bonds is 5. The molecule has 3 aromatic rings. The van der Waals surface area contributed by atoms with Crippen LogP contribution in [0.15, 0.2) is 77.9 Å². The van der Waals surface area contributed by atoms with E-state index in [4.69, 9.17) is 0 Å². The van der Waals surface area contributed by atoms with Gasteiger partial charge in [0.05, 0.1) is 6.21 Å². The van der Waals surface area contributed by atoms with Crippen LogP contribution in [0.1, 0.15) is 52.6 Å². The Balaban J connectivity index is 1.57. The van der Waals surface area contributed by atoms with Gasteiger partial charge in [0, 0.05) is 16.8 Å². The third-order valence-electron chi connectivity index (χ3n) is 4.69. The van der Waals surface area contributed by atoms with Crippen LogP contribution in [0.5, 0.6) is 5.75 Å². The molecule has 0 atom stereocenters. The van der Waals surface area contributed by atoms with E-state index in [0.717, 1.165) is 11.1 Å². The zero-order valence-electron chi connectivity index (χ0n) is 17.7. The summed E-state index contributed by atoms with van der Waals surface area (Å²) in [7, 11) is 0. The molecule has 0 unspecified atom stereocenters. The summed E-state index contributed by atoms with van der Waals surface area (Å²) in [5.74, 6) is -0.419. The highest BCUT2D eigenvalue weighted by atomic mass is 16.3. The predicted molar refractivity (Wildman–Crippen MR) is 123 cm³/mol. The van der Waals surface area contributed by atoms with Crippen molar-refractivity contribution in [3.63, 3.8) is 0 Å². The smallest absolute Gasteiger partial charge is 0.271 e. The van der Waals surface area contributed by atoms with E-state index >= 15 is 0 Å². The fraction of sp³-hybridized carbons (Fsp3) is 0.160. The second-order valence-corrected chi connectivity index (χ2v) is 8.15. The summed E-state index contributed by atoms with van der Waals surface area (Å²) in [4.78, 5) is 24.7. The number of nitrogens with zero attached hydrogens (tertiary/aromatic N) is 1. The second kappa shape index (κ2) is 9.26. The topological polar surface area (TPSA) is 90.8 Å². The molecule has 0 aliphatic heterocycles. The molecule has 0 heterocycles. The lowest BCUT2D eigenvalue weighted by Crippen LogP contribution is -2.18. The van der Waals surface area contributed by atoms with Crippen molar-refractivity contribution in [2.45, 2.75) is 26.2 Å². The van der Waals surface area contributed by atoms with Crippen LogP contribution >= 0.6 is 0 Å². The molecule has 3 rings (SSSR count). The minimum atomic E-state index is -0.370. The summed E-state index contributed by atoms with van der Waals surface area (Å²) in [5, 5.41) is 16.0. The van der Waals surface area contributed by atoms with Crippen molar-refractivity contribution in [3.05, 3.63) is 95.1 Å². The van der Waals surface area contributed by atoms with Crippen molar-refractivity contribution in [2.75, 3.05) is 5.32 Å². The number of aromatic hydroxyl groups is 1. The largest absolute Gasteiger partial charge is 0.508 e. The maximum absolute atomic E-state index is 12.5. The molecule has 158 valence electrons. The molecular weight excluding hydrogens is 390 g/mol. The molecule has 0 aliphatic carbocycles. The van der Waals surface area contributed by atoms with Crippen LogP contribution in [-0.2, 0) is 5.41 Å². The number of hydrogen-bond acceptors (Lipinski definition) is 4. The normalized spacial score (nSPS) is 11.3. The Hall–Kier alpha value is -3.93. The maximum atomic E-state index is 12.5. The van der Waals surface area contributed by atoms with Crippen molar-refractivity contribution in [1.29, 1.82) is 0 Å². The Morgan fingerprint density at radius 3 is 1.94 bits per heavy atom. The molecule has 0 bridgehead atoms. The zero-order chi connectivity index (χ0) is 22.4. The van der Waals surface area contributed by atoms with Crippen molar-refractivity contribution < 1.29 is 14.7 Å². The number of hydrogen-bond donors (Lipinski definition) is 3. The van der Waals surface area contributed by atoms with E-state index in [1.165, 1.54) is 18.3 Å². The van der Waals surface area contributed by atoms with E-state index in [0.29, 0.717) is 16.8 Å². The molecule has 0 fully saturated rings. The van der Waals surface area contributed by atoms with E-state index in [-0.39, 0.29) is 23.0 Å². The number of anilines is 1. The first-order chi connectivity index (χ1) is 14.7. The van der Waals surface area contributed by atoms with Gasteiger partial charge in [0.2, 0.25) is 0 Å². The van der Waals surface area contributed by atoms with Crippen LogP contribution in [0.2, 0.25) is 0 Å². The highest BCUT2D eigenvalue weighted by molar-refractivity contribution is 6.04. The van der Waals surface area contributed by atoms with Gasteiger partial charge in [-0.05, 0) is 77.2 Å². The molecule has 3 N–H and O–H groups in total. The van der Waals surface area contributed by atoms with E-state index in [1.54, 1.807) is 36.4 Å². The Bertz CT molecular complexity index is 1080. The molecule has 0 aliphatic rings. The number of hydrazone groups is 1. The Labute approximate surface area is 181 Å². The van der Waals surface area contributed by atoms with Crippen LogP contribution in [0.3, 0.4) is 0 Å². The minimum absolute atomic E-state index is 0.0273. The summed E-state index contributed by atoms with van der Waals surface area (Å²) in [6, 6.07) is 20.5. The number of nitrogens with one attached hydrogen (secondary N) is 2. The first-order valence-corrected chi connectivity index (χ1v) is 9.87. The van der Waals surface area contributed by atoms with Gasteiger partial charge in [-0.3, -0.25) is 9.59 Å². The number of carbonyl (C=O) groups excluding carboxylic acids is 2. The fourth-order valence-electron chi connectivity index (χ4n) is 2.82. The third-order valence-corrected chi connectivity index (χ3v) is 4.69. The molecule has 0 aromatic heterocycles. The Morgan fingerprint density at radius 2 is 1.35 bits per heavy atom. The molecule has 0 radical (unpaired) electrons. The van der Waals surface area contributed by atoms with Gasteiger partial charge < -0.3 is 10.4 Å². The van der Waals surface area contributed by atoms with Gasteiger partial charge in [0.1, 0.15) is 5.75 Å². The Morgan fingerprint density at radius 1 is 0.806 bits per heavy atom. The molecule has 3 aromatic carbocycles. The highest BCUT2D eigenvalue weighted by Gasteiger charge is 2.14. The van der Waals surface area contributed by atoms with Gasteiger partial charge >= 0.3 is 0 Å². The third kappa shape index (κ3) is 6.02. The molecule has 2 amide bonds. The van der Waals surface area contributed by atoms with Crippen LogP contribution in [0, 0.1) is 0 Å². The number of carbonyl (C=O) groups is 2. The standard InChI is InChI=1S/C25H25N3O3/c1-25(2,3)20-10-6-18(7-11-20)23(30)27-21-12-8-19(9-13-21)24(31)28-26-16-17-4-14-22(29)15-5-17/h4-16,29H,1-3H3,(H,27,30)(H,28,31)/b26-16+. The lowest BCUT2D eigenvalue weighted by molar-refractivity contribution is 0.0954. The zero-order valence-corrected chi connectivity index (χ0v) is 17.7. The van der Waals surface area contributed by atoms with Gasteiger partial charge in [-0.2, -0.15) is 5.10 Å². The van der Waals surface area contributed by atoms with Crippen LogP contribution < -0.4 is 10.7 Å². The van der Waals surface area contributed by atoms with Crippen LogP contribution in [0.25, 0.3) is 0 Å². The fourth-order valence-corrected chi connectivity index (χ4v) is 2.82. The van der Waals surface area contributed by atoms with Crippen molar-refractivity contribution in [1.82, 2.24) is 5.43 Å². The lowest BCUT2D eigenvalue weighted by atomic mass is 9.87. The van der Waals surface area contributed by atoms with Gasteiger partial charge in [0.15, 0.2) is 0 Å². The first kappa shape index (κ1) is 21.8. The summed E-state index contributed by atoms with van der Waals surface area (Å²) < 4.78 is 0. The van der Waals surface area contributed by atoms with Crippen LogP contribution in [0.4, 0.5) is 5.69 Å². The predicted octanol–water partition coefficient (Wildman–Crippen LogP) is 4.71. The summed E-state index contributed by atoms with van der Waals surface area (Å²) >= 11 is 0. The maximum Gasteiger partial charge on any atom is 0.271 e. The van der Waals surface area contributed by atoms with Gasteiger partial charge in [0.25, 0.3) is 11.8 Å². The van der Waals surface area contributed by atoms with E-state index in [1.807, 2.05) is 24.3 Å². The summed E-state index contributed by atoms with van der Waals surface area (Å²) in [6.07, 6.45) is 1.48. The van der Waals surface area contributed by atoms with Crippen LogP contribution in [-0.4, -0.2) is 23.1 Å². The number of phenols is 1. The monoisotopic (exact) mass is 415 g/mol.